The largest absolute Gasteiger partial charge is 0.416 e. The summed E-state index contributed by atoms with van der Waals surface area (Å²) >= 11 is 3.04. The van der Waals surface area contributed by atoms with Crippen LogP contribution in [0.1, 0.15) is 16.8 Å². The molecule has 0 radical (unpaired) electrons. The van der Waals surface area contributed by atoms with Crippen LogP contribution in [-0.4, -0.2) is 15.9 Å². The Labute approximate surface area is 121 Å². The number of halogens is 4. The Morgan fingerprint density at radius 2 is 2.05 bits per heavy atom. The van der Waals surface area contributed by atoms with Crippen LogP contribution < -0.4 is 5.73 Å². The normalized spacial score (nSPS) is 12.2. The van der Waals surface area contributed by atoms with Crippen LogP contribution >= 0.6 is 15.9 Å². The number of nitrogens with zero attached hydrogens (tertiary/aromatic N) is 3. The molecule has 0 aliphatic carbocycles. The van der Waals surface area contributed by atoms with E-state index in [9.17, 15) is 13.2 Å². The van der Waals surface area contributed by atoms with Crippen LogP contribution in [0.4, 0.5) is 19.1 Å². The van der Waals surface area contributed by atoms with Crippen molar-refractivity contribution < 1.29 is 13.2 Å². The maximum Gasteiger partial charge on any atom is 0.416 e. The second kappa shape index (κ2) is 5.28. The van der Waals surface area contributed by atoms with E-state index in [1.165, 1.54) is 17.0 Å². The van der Waals surface area contributed by atoms with E-state index < -0.39 is 11.7 Å². The van der Waals surface area contributed by atoms with Crippen molar-refractivity contribution in [2.24, 2.45) is 5.10 Å². The van der Waals surface area contributed by atoms with Gasteiger partial charge in [0.25, 0.3) is 0 Å². The lowest BCUT2D eigenvalue weighted by Gasteiger charge is -2.08. The number of aryl methyl sites for hydroxylation is 1. The molecule has 0 spiro atoms. The summed E-state index contributed by atoms with van der Waals surface area (Å²) in [6, 6.07) is 3.54. The molecule has 2 N–H and O–H groups in total. The number of aromatic nitrogens is 2. The molecule has 8 heteroatoms. The molecule has 1 aromatic heterocycles. The standard InChI is InChI=1S/C12H10BrF3N4/c1-7-6-20(11(17)19-7)18-5-8-2-9(12(14,15)16)4-10(13)3-8/h2-6H,1H3,(H2,17,19). The Hall–Kier alpha value is -1.83. The summed E-state index contributed by atoms with van der Waals surface area (Å²) in [6.07, 6.45) is -1.54. The van der Waals surface area contributed by atoms with Gasteiger partial charge in [-0.1, -0.05) is 15.9 Å². The summed E-state index contributed by atoms with van der Waals surface area (Å²) in [4.78, 5) is 3.94. The van der Waals surface area contributed by atoms with Gasteiger partial charge in [-0.15, -0.1) is 0 Å². The number of hydrogen-bond acceptors (Lipinski definition) is 3. The van der Waals surface area contributed by atoms with E-state index in [4.69, 9.17) is 5.73 Å². The zero-order valence-electron chi connectivity index (χ0n) is 10.3. The minimum atomic E-state index is -4.41. The molecular weight excluding hydrogens is 337 g/mol. The number of rotatable bonds is 2. The first-order valence-corrected chi connectivity index (χ1v) is 6.28. The van der Waals surface area contributed by atoms with Gasteiger partial charge >= 0.3 is 6.18 Å². The van der Waals surface area contributed by atoms with Crippen molar-refractivity contribution in [3.8, 4) is 0 Å². The highest BCUT2D eigenvalue weighted by Crippen LogP contribution is 2.31. The molecule has 0 aliphatic heterocycles. The quantitative estimate of drug-likeness (QED) is 0.847. The average Bonchev–Trinajstić information content (AvgIpc) is 2.63. The molecular formula is C12H10BrF3N4. The number of nitrogens with two attached hydrogens (primary N) is 1. The fourth-order valence-electron chi connectivity index (χ4n) is 1.58. The van der Waals surface area contributed by atoms with Gasteiger partial charge < -0.3 is 5.73 Å². The fourth-order valence-corrected chi connectivity index (χ4v) is 2.09. The number of anilines is 1. The van der Waals surface area contributed by atoms with E-state index in [0.29, 0.717) is 15.7 Å². The Balaban J connectivity index is 2.34. The summed E-state index contributed by atoms with van der Waals surface area (Å²) in [5.41, 5.74) is 5.81. The lowest BCUT2D eigenvalue weighted by molar-refractivity contribution is -0.137. The summed E-state index contributed by atoms with van der Waals surface area (Å²) < 4.78 is 39.7. The minimum Gasteiger partial charge on any atom is -0.368 e. The van der Waals surface area contributed by atoms with Crippen LogP contribution in [0, 0.1) is 6.92 Å². The van der Waals surface area contributed by atoms with Crippen LogP contribution in [0.3, 0.4) is 0 Å². The average molecular weight is 347 g/mol. The van der Waals surface area contributed by atoms with Gasteiger partial charge in [-0.25, -0.2) is 9.66 Å². The number of benzene rings is 1. The number of alkyl halides is 3. The molecule has 2 rings (SSSR count). The first-order valence-electron chi connectivity index (χ1n) is 5.49. The highest BCUT2D eigenvalue weighted by atomic mass is 79.9. The zero-order valence-corrected chi connectivity index (χ0v) is 11.9. The minimum absolute atomic E-state index is 0.171. The maximum absolute atomic E-state index is 12.7. The third-order valence-electron chi connectivity index (χ3n) is 2.41. The third-order valence-corrected chi connectivity index (χ3v) is 2.87. The second-order valence-electron chi connectivity index (χ2n) is 4.10. The Bertz CT molecular complexity index is 661. The highest BCUT2D eigenvalue weighted by Gasteiger charge is 2.30. The lowest BCUT2D eigenvalue weighted by Crippen LogP contribution is -2.05. The molecule has 0 atom stereocenters. The van der Waals surface area contributed by atoms with Gasteiger partial charge in [0.2, 0.25) is 5.95 Å². The van der Waals surface area contributed by atoms with E-state index in [2.05, 4.69) is 26.0 Å². The molecule has 0 fully saturated rings. The molecule has 0 amide bonds. The zero-order chi connectivity index (χ0) is 14.9. The summed E-state index contributed by atoms with van der Waals surface area (Å²) in [7, 11) is 0. The van der Waals surface area contributed by atoms with E-state index in [0.717, 1.165) is 12.1 Å². The predicted molar refractivity (Wildman–Crippen MR) is 73.5 cm³/mol. The van der Waals surface area contributed by atoms with Crippen LogP contribution in [0.25, 0.3) is 0 Å². The number of imidazole rings is 1. The van der Waals surface area contributed by atoms with Gasteiger partial charge in [0.15, 0.2) is 0 Å². The van der Waals surface area contributed by atoms with E-state index in [1.54, 1.807) is 13.1 Å². The van der Waals surface area contributed by atoms with Crippen molar-refractivity contribution in [2.75, 3.05) is 5.73 Å². The van der Waals surface area contributed by atoms with Gasteiger partial charge in [0, 0.05) is 4.47 Å². The smallest absolute Gasteiger partial charge is 0.368 e. The first kappa shape index (κ1) is 14.6. The number of hydrogen-bond donors (Lipinski definition) is 1. The van der Waals surface area contributed by atoms with E-state index in [1.807, 2.05) is 0 Å². The van der Waals surface area contributed by atoms with Crippen molar-refractivity contribution >= 4 is 28.1 Å². The summed E-state index contributed by atoms with van der Waals surface area (Å²) in [6.45, 7) is 1.74. The van der Waals surface area contributed by atoms with Crippen LogP contribution in [0.15, 0.2) is 34.0 Å². The van der Waals surface area contributed by atoms with Crippen LogP contribution in [0.5, 0.6) is 0 Å². The van der Waals surface area contributed by atoms with Crippen molar-refractivity contribution in [3.63, 3.8) is 0 Å². The van der Waals surface area contributed by atoms with Gasteiger partial charge in [-0.3, -0.25) is 0 Å². The van der Waals surface area contributed by atoms with Crippen molar-refractivity contribution in [3.05, 3.63) is 45.7 Å². The van der Waals surface area contributed by atoms with Crippen LogP contribution in [0.2, 0.25) is 0 Å². The van der Waals surface area contributed by atoms with Gasteiger partial charge in [-0.05, 0) is 30.7 Å². The van der Waals surface area contributed by atoms with Crippen LogP contribution in [-0.2, 0) is 6.18 Å². The molecule has 1 heterocycles. The molecule has 1 aromatic carbocycles. The third kappa shape index (κ3) is 3.38. The molecule has 0 saturated heterocycles. The molecule has 0 aliphatic rings. The van der Waals surface area contributed by atoms with Crippen molar-refractivity contribution in [1.29, 1.82) is 0 Å². The van der Waals surface area contributed by atoms with E-state index in [-0.39, 0.29) is 5.95 Å². The molecule has 0 unspecified atom stereocenters. The Morgan fingerprint density at radius 1 is 1.35 bits per heavy atom. The molecule has 106 valence electrons. The molecule has 2 aromatic rings. The molecule has 0 bridgehead atoms. The maximum atomic E-state index is 12.7. The molecule has 0 saturated carbocycles. The SMILES string of the molecule is Cc1cn(N=Cc2cc(Br)cc(C(F)(F)F)c2)c(N)n1. The fraction of sp³-hybridized carbons (Fsp3) is 0.167. The van der Waals surface area contributed by atoms with Crippen molar-refractivity contribution in [1.82, 2.24) is 9.66 Å². The molecule has 4 nitrogen and oxygen atoms in total. The van der Waals surface area contributed by atoms with Crippen molar-refractivity contribution in [2.45, 2.75) is 13.1 Å². The Kier molecular flexibility index (Phi) is 3.85. The number of nitrogen functional groups attached to an aromatic ring is 1. The second-order valence-corrected chi connectivity index (χ2v) is 5.02. The lowest BCUT2D eigenvalue weighted by atomic mass is 10.1. The van der Waals surface area contributed by atoms with Gasteiger partial charge in [0.05, 0.1) is 23.7 Å². The summed E-state index contributed by atoms with van der Waals surface area (Å²) in [5, 5.41) is 3.98. The monoisotopic (exact) mass is 346 g/mol. The predicted octanol–water partition coefficient (Wildman–Crippen LogP) is 3.44. The van der Waals surface area contributed by atoms with Gasteiger partial charge in [0.1, 0.15) is 0 Å². The van der Waals surface area contributed by atoms with Gasteiger partial charge in [-0.2, -0.15) is 18.3 Å². The topological polar surface area (TPSA) is 56.2 Å². The van der Waals surface area contributed by atoms with E-state index >= 15 is 0 Å². The Morgan fingerprint density at radius 3 is 2.60 bits per heavy atom. The summed E-state index contributed by atoms with van der Waals surface area (Å²) in [5.74, 6) is 0.171. The highest BCUT2D eigenvalue weighted by molar-refractivity contribution is 9.10. The molecule has 20 heavy (non-hydrogen) atoms. The first-order chi connectivity index (χ1) is 9.25.